The number of alkyl halides is 1. The molecule has 0 aliphatic rings. The fourth-order valence-electron chi connectivity index (χ4n) is 0.344. The van der Waals surface area contributed by atoms with Crippen molar-refractivity contribution in [3.05, 3.63) is 0 Å². The molecule has 0 aromatic carbocycles. The molecule has 1 N–H and O–H groups in total. The lowest BCUT2D eigenvalue weighted by molar-refractivity contribution is 0.460. The maximum absolute atomic E-state index is 11.2. The van der Waals surface area contributed by atoms with Crippen molar-refractivity contribution in [2.75, 3.05) is 6.67 Å². The first kappa shape index (κ1) is 11.5. The quantitative estimate of drug-likeness (QED) is 0.620. The first-order chi connectivity index (χ1) is 4.33. The Morgan fingerprint density at radius 1 is 1.56 bits per heavy atom. The Kier molecular flexibility index (Phi) is 20.1. The van der Waals surface area contributed by atoms with Crippen molar-refractivity contribution in [3.8, 4) is 0 Å². The summed E-state index contributed by atoms with van der Waals surface area (Å²) in [5.41, 5.74) is 0. The number of nitrogens with one attached hydrogen (secondary N) is 1. The predicted octanol–water partition coefficient (Wildman–Crippen LogP) is 2.11. The highest BCUT2D eigenvalue weighted by molar-refractivity contribution is 7.53. The third kappa shape index (κ3) is 33.9. The Hall–Kier alpha value is -0.250. The number of unbranched alkanes of at least 4 members (excludes halogenated alkanes) is 2. The fraction of sp³-hybridized carbons (Fsp3) is 1.00. The van der Waals surface area contributed by atoms with Crippen molar-refractivity contribution < 1.29 is 8.60 Å². The second kappa shape index (κ2) is 15.7. The van der Waals surface area contributed by atoms with E-state index in [0.717, 1.165) is 19.3 Å². The summed E-state index contributed by atoms with van der Waals surface area (Å²) < 4.78 is 25.3. The zero-order valence-corrected chi connectivity index (χ0v) is 6.34. The van der Waals surface area contributed by atoms with Crippen molar-refractivity contribution in [1.82, 2.24) is 0 Å². The van der Waals surface area contributed by atoms with Gasteiger partial charge < -0.3 is 0 Å². The van der Waals surface area contributed by atoms with Crippen molar-refractivity contribution in [3.63, 3.8) is 0 Å². The van der Waals surface area contributed by atoms with Gasteiger partial charge in [0, 0.05) is 0 Å². The molecule has 0 bridgehead atoms. The molecule has 4 heteroatoms. The van der Waals surface area contributed by atoms with Gasteiger partial charge in [0.15, 0.2) is 11.5 Å². The van der Waals surface area contributed by atoms with Crippen molar-refractivity contribution in [1.29, 1.82) is 4.78 Å². The molecular formula is C5H12FNOS. The minimum absolute atomic E-state index is 0.145. The van der Waals surface area contributed by atoms with Gasteiger partial charge in [-0.1, -0.05) is 19.8 Å². The Bertz CT molecular complexity index is 69.4. The Morgan fingerprint density at radius 3 is 2.11 bits per heavy atom. The number of rotatable bonds is 3. The van der Waals surface area contributed by atoms with E-state index in [1.807, 2.05) is 0 Å². The molecule has 0 unspecified atom stereocenters. The molecular weight excluding hydrogens is 141 g/mol. The molecule has 0 aliphatic carbocycles. The van der Waals surface area contributed by atoms with Gasteiger partial charge >= 0.3 is 0 Å². The highest BCUT2D eigenvalue weighted by Gasteiger charge is 1.78. The normalized spacial score (nSPS) is 7.33. The fourth-order valence-corrected chi connectivity index (χ4v) is 0.344. The van der Waals surface area contributed by atoms with Gasteiger partial charge in [0.05, 0.1) is 6.67 Å². The zero-order valence-electron chi connectivity index (χ0n) is 5.52. The van der Waals surface area contributed by atoms with Crippen LogP contribution in [0.25, 0.3) is 0 Å². The molecule has 0 aliphatic heterocycles. The van der Waals surface area contributed by atoms with Gasteiger partial charge in [-0.15, -0.1) is 0 Å². The molecule has 0 spiro atoms. The molecule has 0 fully saturated rings. The Morgan fingerprint density at radius 2 is 2.00 bits per heavy atom. The van der Waals surface area contributed by atoms with Crippen LogP contribution in [0.2, 0.25) is 0 Å². The maximum Gasteiger partial charge on any atom is 0.196 e. The van der Waals surface area contributed by atoms with E-state index in [4.69, 9.17) is 8.99 Å². The average molecular weight is 153 g/mol. The molecule has 9 heavy (non-hydrogen) atoms. The van der Waals surface area contributed by atoms with E-state index >= 15 is 0 Å². The smallest absolute Gasteiger partial charge is 0.196 e. The lowest BCUT2D eigenvalue weighted by Gasteiger charge is -1.84. The summed E-state index contributed by atoms with van der Waals surface area (Å²) >= 11 is -0.250. The second-order valence-corrected chi connectivity index (χ2v) is 1.65. The first-order valence-electron chi connectivity index (χ1n) is 2.85. The second-order valence-electron chi connectivity index (χ2n) is 1.48. The van der Waals surface area contributed by atoms with Gasteiger partial charge in [0.25, 0.3) is 0 Å². The van der Waals surface area contributed by atoms with E-state index < -0.39 is 0 Å². The van der Waals surface area contributed by atoms with Gasteiger partial charge in [-0.05, 0) is 6.42 Å². The topological polar surface area (TPSA) is 40.9 Å². The number of hydrogen-bond donors (Lipinski definition) is 1. The van der Waals surface area contributed by atoms with Gasteiger partial charge in [0.2, 0.25) is 0 Å². The number of halogens is 1. The molecule has 2 nitrogen and oxygen atoms in total. The van der Waals surface area contributed by atoms with E-state index in [2.05, 4.69) is 6.92 Å². The summed E-state index contributed by atoms with van der Waals surface area (Å²) in [7, 11) is 0. The van der Waals surface area contributed by atoms with E-state index in [1.165, 1.54) is 0 Å². The molecule has 0 saturated heterocycles. The van der Waals surface area contributed by atoms with E-state index in [1.54, 1.807) is 0 Å². The molecule has 0 rings (SSSR count). The van der Waals surface area contributed by atoms with Crippen LogP contribution in [0.1, 0.15) is 26.2 Å². The third-order valence-electron chi connectivity index (χ3n) is 0.737. The summed E-state index contributed by atoms with van der Waals surface area (Å²) in [6.07, 6.45) is 2.90. The molecule has 56 valence electrons. The van der Waals surface area contributed by atoms with Crippen LogP contribution in [0.3, 0.4) is 0 Å². The molecule has 0 radical (unpaired) electrons. The third-order valence-corrected chi connectivity index (χ3v) is 0.737. The largest absolute Gasteiger partial charge is 0.251 e. The van der Waals surface area contributed by atoms with Crippen molar-refractivity contribution in [2.45, 2.75) is 26.2 Å². The van der Waals surface area contributed by atoms with Crippen LogP contribution < -0.4 is 0 Å². The molecule has 0 amide bonds. The molecule has 0 saturated carbocycles. The molecule has 0 aromatic rings. The average Bonchev–Trinajstić information content (AvgIpc) is 1.86. The van der Waals surface area contributed by atoms with Gasteiger partial charge in [-0.25, -0.2) is 4.78 Å². The highest BCUT2D eigenvalue weighted by atomic mass is 32.1. The zero-order chi connectivity index (χ0) is 7.54. The van der Waals surface area contributed by atoms with Crippen molar-refractivity contribution in [2.24, 2.45) is 0 Å². The van der Waals surface area contributed by atoms with Crippen LogP contribution in [0.5, 0.6) is 0 Å². The van der Waals surface area contributed by atoms with Crippen LogP contribution >= 0.6 is 0 Å². The monoisotopic (exact) mass is 153 g/mol. The Balaban J connectivity index is 0. The van der Waals surface area contributed by atoms with Crippen molar-refractivity contribution >= 4 is 11.5 Å². The summed E-state index contributed by atoms with van der Waals surface area (Å²) in [6, 6.07) is 0. The van der Waals surface area contributed by atoms with E-state index in [-0.39, 0.29) is 18.1 Å². The molecule has 0 heterocycles. The first-order valence-corrected chi connectivity index (χ1v) is 3.59. The highest BCUT2D eigenvalue weighted by Crippen LogP contribution is 1.91. The summed E-state index contributed by atoms with van der Waals surface area (Å²) in [6.45, 7) is 1.92. The lowest BCUT2D eigenvalue weighted by Crippen LogP contribution is -1.72. The molecule has 0 aromatic heterocycles. The van der Waals surface area contributed by atoms with Crippen LogP contribution in [0, 0.1) is 4.78 Å². The predicted molar refractivity (Wildman–Crippen MR) is 36.4 cm³/mol. The van der Waals surface area contributed by atoms with Gasteiger partial charge in [0.1, 0.15) is 0 Å². The van der Waals surface area contributed by atoms with E-state index in [0.29, 0.717) is 0 Å². The van der Waals surface area contributed by atoms with E-state index in [9.17, 15) is 4.39 Å². The van der Waals surface area contributed by atoms with Crippen LogP contribution in [0.15, 0.2) is 0 Å². The van der Waals surface area contributed by atoms with Gasteiger partial charge in [-0.3, -0.25) is 4.39 Å². The van der Waals surface area contributed by atoms with Crippen LogP contribution in [-0.2, 0) is 11.5 Å². The number of hydrogen-bond acceptors (Lipinski definition) is 2. The summed E-state index contributed by atoms with van der Waals surface area (Å²) in [4.78, 5) is 0. The summed E-state index contributed by atoms with van der Waals surface area (Å²) in [5, 5.41) is 0. The Labute approximate surface area is 58.5 Å². The standard InChI is InChI=1S/C5H11F.HNOS/c1-2-3-4-5-6;1-3-2/h2-5H2,1H3;1H. The van der Waals surface area contributed by atoms with Gasteiger partial charge in [-0.2, -0.15) is 4.21 Å². The van der Waals surface area contributed by atoms with Crippen LogP contribution in [-0.4, -0.2) is 10.9 Å². The minimum Gasteiger partial charge on any atom is -0.251 e. The lowest BCUT2D eigenvalue weighted by atomic mass is 10.3. The molecule has 0 atom stereocenters. The summed E-state index contributed by atoms with van der Waals surface area (Å²) in [5.74, 6) is 0. The minimum atomic E-state index is -0.250. The van der Waals surface area contributed by atoms with Crippen LogP contribution in [0.4, 0.5) is 4.39 Å². The maximum atomic E-state index is 11.2. The SMILES string of the molecule is CCCCCF.N=S=O.